The van der Waals surface area contributed by atoms with Crippen LogP contribution in [0.15, 0.2) is 48.9 Å². The Morgan fingerprint density at radius 3 is 2.74 bits per heavy atom. The molecule has 0 aliphatic carbocycles. The van der Waals surface area contributed by atoms with Crippen molar-refractivity contribution in [1.82, 2.24) is 39.4 Å². The SMILES string of the molecule is CCn1ncc(CN(C)C(=O)c2cc(-c3cc(-c4ncc[nH]4)n(C)n3)nc3ccc(O)cc23)c1C. The first-order valence-electron chi connectivity index (χ1n) is 11.3. The number of amides is 1. The third kappa shape index (κ3) is 4.03. The highest BCUT2D eigenvalue weighted by atomic mass is 16.3. The molecule has 0 fully saturated rings. The van der Waals surface area contributed by atoms with Crippen molar-refractivity contribution >= 4 is 16.8 Å². The number of carbonyl (C=O) groups is 1. The number of imidazole rings is 1. The molecule has 10 heteroatoms. The molecule has 5 rings (SSSR count). The second kappa shape index (κ2) is 8.71. The first kappa shape index (κ1) is 22.3. The Balaban J connectivity index is 1.57. The molecule has 0 spiro atoms. The van der Waals surface area contributed by atoms with Crippen LogP contribution in [0.25, 0.3) is 33.8 Å². The monoisotopic (exact) mass is 470 g/mol. The van der Waals surface area contributed by atoms with E-state index in [4.69, 9.17) is 4.98 Å². The van der Waals surface area contributed by atoms with Gasteiger partial charge in [-0.2, -0.15) is 10.2 Å². The van der Waals surface area contributed by atoms with Gasteiger partial charge in [0.25, 0.3) is 5.91 Å². The minimum atomic E-state index is -0.185. The van der Waals surface area contributed by atoms with Crippen molar-refractivity contribution < 1.29 is 9.90 Å². The van der Waals surface area contributed by atoms with E-state index in [0.29, 0.717) is 40.2 Å². The van der Waals surface area contributed by atoms with Crippen LogP contribution in [0.5, 0.6) is 5.75 Å². The Morgan fingerprint density at radius 2 is 2.03 bits per heavy atom. The quantitative estimate of drug-likeness (QED) is 0.392. The van der Waals surface area contributed by atoms with E-state index in [0.717, 1.165) is 23.5 Å². The van der Waals surface area contributed by atoms with Crippen molar-refractivity contribution in [2.45, 2.75) is 26.9 Å². The van der Waals surface area contributed by atoms with E-state index in [9.17, 15) is 9.90 Å². The number of hydrogen-bond donors (Lipinski definition) is 2. The highest BCUT2D eigenvalue weighted by Crippen LogP contribution is 2.29. The van der Waals surface area contributed by atoms with Gasteiger partial charge in [0.1, 0.15) is 17.1 Å². The summed E-state index contributed by atoms with van der Waals surface area (Å²) in [6.07, 6.45) is 5.23. The van der Waals surface area contributed by atoms with Crippen LogP contribution in [0.2, 0.25) is 0 Å². The van der Waals surface area contributed by atoms with Gasteiger partial charge in [-0.25, -0.2) is 9.97 Å². The van der Waals surface area contributed by atoms with Crippen LogP contribution in [-0.2, 0) is 20.1 Å². The number of phenols is 1. The Bertz CT molecular complexity index is 1530. The van der Waals surface area contributed by atoms with Gasteiger partial charge in [-0.3, -0.25) is 14.2 Å². The molecule has 10 nitrogen and oxygen atoms in total. The molecule has 0 radical (unpaired) electrons. The lowest BCUT2D eigenvalue weighted by atomic mass is 10.0. The van der Waals surface area contributed by atoms with E-state index in [2.05, 4.69) is 20.2 Å². The number of fused-ring (bicyclic) bond motifs is 1. The number of aromatic amines is 1. The van der Waals surface area contributed by atoms with Gasteiger partial charge in [-0.1, -0.05) is 0 Å². The van der Waals surface area contributed by atoms with Crippen molar-refractivity contribution in [3.63, 3.8) is 0 Å². The smallest absolute Gasteiger partial charge is 0.254 e. The number of pyridine rings is 1. The molecule has 35 heavy (non-hydrogen) atoms. The summed E-state index contributed by atoms with van der Waals surface area (Å²) in [6, 6.07) is 8.45. The molecule has 0 bridgehead atoms. The van der Waals surface area contributed by atoms with Crippen LogP contribution in [0.4, 0.5) is 0 Å². The first-order valence-corrected chi connectivity index (χ1v) is 11.3. The normalized spacial score (nSPS) is 11.3. The standard InChI is InChI=1S/C25H26N8O2/c1-5-33-15(2)16(13-28-33)14-31(3)25(35)19-11-21(29-20-7-6-17(34)10-18(19)20)22-12-23(32(4)30-22)24-26-8-9-27-24/h6-13,34H,5,14H2,1-4H3,(H,26,27). The number of nitrogens with zero attached hydrogens (tertiary/aromatic N) is 7. The van der Waals surface area contributed by atoms with Crippen LogP contribution >= 0.6 is 0 Å². The molecule has 4 aromatic heterocycles. The molecule has 5 aromatic rings. The minimum Gasteiger partial charge on any atom is -0.508 e. The van der Waals surface area contributed by atoms with Crippen LogP contribution in [-0.4, -0.2) is 57.5 Å². The summed E-state index contributed by atoms with van der Waals surface area (Å²) < 4.78 is 3.63. The maximum atomic E-state index is 13.7. The highest BCUT2D eigenvalue weighted by molar-refractivity contribution is 6.07. The molecule has 0 aliphatic heterocycles. The number of rotatable bonds is 6. The lowest BCUT2D eigenvalue weighted by Gasteiger charge is -2.19. The van der Waals surface area contributed by atoms with Crippen LogP contribution in [0, 0.1) is 6.92 Å². The Hall–Kier alpha value is -4.47. The molecule has 1 aromatic carbocycles. The zero-order chi connectivity index (χ0) is 24.7. The summed E-state index contributed by atoms with van der Waals surface area (Å²) in [6.45, 7) is 5.21. The molecule has 0 unspecified atom stereocenters. The van der Waals surface area contributed by atoms with Crippen molar-refractivity contribution in [2.75, 3.05) is 7.05 Å². The lowest BCUT2D eigenvalue weighted by molar-refractivity contribution is 0.0787. The van der Waals surface area contributed by atoms with Gasteiger partial charge in [0.2, 0.25) is 0 Å². The third-order valence-electron chi connectivity index (χ3n) is 6.16. The maximum Gasteiger partial charge on any atom is 0.254 e. The summed E-state index contributed by atoms with van der Waals surface area (Å²) in [5, 5.41) is 19.7. The van der Waals surface area contributed by atoms with Gasteiger partial charge < -0.3 is 15.0 Å². The molecular weight excluding hydrogens is 444 g/mol. The molecule has 4 heterocycles. The number of aromatic hydroxyl groups is 1. The van der Waals surface area contributed by atoms with Crippen molar-refractivity contribution in [2.24, 2.45) is 7.05 Å². The average Bonchev–Trinajstić information content (AvgIpc) is 3.59. The predicted molar refractivity (Wildman–Crippen MR) is 132 cm³/mol. The van der Waals surface area contributed by atoms with E-state index in [1.807, 2.05) is 31.6 Å². The van der Waals surface area contributed by atoms with Gasteiger partial charge in [-0.15, -0.1) is 0 Å². The Kier molecular flexibility index (Phi) is 5.56. The van der Waals surface area contributed by atoms with Gasteiger partial charge in [-0.05, 0) is 44.2 Å². The number of H-pyrrole nitrogens is 1. The predicted octanol–water partition coefficient (Wildman–Crippen LogP) is 3.53. The van der Waals surface area contributed by atoms with Gasteiger partial charge in [0.15, 0.2) is 5.82 Å². The molecule has 1 amide bonds. The summed E-state index contributed by atoms with van der Waals surface area (Å²) >= 11 is 0. The zero-order valence-corrected chi connectivity index (χ0v) is 20.0. The first-order chi connectivity index (χ1) is 16.9. The largest absolute Gasteiger partial charge is 0.508 e. The number of aryl methyl sites for hydroxylation is 2. The number of nitrogens with one attached hydrogen (secondary N) is 1. The van der Waals surface area contributed by atoms with Crippen LogP contribution < -0.4 is 0 Å². The summed E-state index contributed by atoms with van der Waals surface area (Å²) in [7, 11) is 3.59. The summed E-state index contributed by atoms with van der Waals surface area (Å²) in [5.41, 5.74) is 5.02. The molecule has 0 atom stereocenters. The highest BCUT2D eigenvalue weighted by Gasteiger charge is 2.21. The van der Waals surface area contributed by atoms with Crippen LogP contribution in [0.3, 0.4) is 0 Å². The van der Waals surface area contributed by atoms with Crippen molar-refractivity contribution in [3.8, 4) is 28.7 Å². The van der Waals surface area contributed by atoms with Crippen molar-refractivity contribution in [1.29, 1.82) is 0 Å². The van der Waals surface area contributed by atoms with E-state index >= 15 is 0 Å². The zero-order valence-electron chi connectivity index (χ0n) is 20.0. The van der Waals surface area contributed by atoms with E-state index in [1.54, 1.807) is 59.5 Å². The average molecular weight is 471 g/mol. The fraction of sp³-hybridized carbons (Fsp3) is 0.240. The fourth-order valence-electron chi connectivity index (χ4n) is 4.23. The van der Waals surface area contributed by atoms with Gasteiger partial charge in [0.05, 0.1) is 23.0 Å². The maximum absolute atomic E-state index is 13.7. The fourth-order valence-corrected chi connectivity index (χ4v) is 4.23. The Morgan fingerprint density at radius 1 is 1.20 bits per heavy atom. The number of benzene rings is 1. The van der Waals surface area contributed by atoms with Crippen LogP contribution in [0.1, 0.15) is 28.5 Å². The minimum absolute atomic E-state index is 0.0711. The van der Waals surface area contributed by atoms with Crippen molar-refractivity contribution in [3.05, 3.63) is 65.7 Å². The Labute approximate surface area is 201 Å². The molecule has 0 saturated carbocycles. The number of aromatic nitrogens is 7. The number of carbonyl (C=O) groups excluding carboxylic acids is 1. The molecule has 2 N–H and O–H groups in total. The van der Waals surface area contributed by atoms with E-state index in [1.165, 1.54) is 0 Å². The number of phenolic OH excluding ortho intramolecular Hbond substituents is 1. The topological polar surface area (TPSA) is 118 Å². The second-order valence-corrected chi connectivity index (χ2v) is 8.46. The second-order valence-electron chi connectivity index (χ2n) is 8.46. The molecule has 0 saturated heterocycles. The van der Waals surface area contributed by atoms with Gasteiger partial charge in [0, 0.05) is 56.2 Å². The number of hydrogen-bond acceptors (Lipinski definition) is 6. The van der Waals surface area contributed by atoms with E-state index < -0.39 is 0 Å². The summed E-state index contributed by atoms with van der Waals surface area (Å²) in [4.78, 5) is 27.4. The molecule has 0 aliphatic rings. The summed E-state index contributed by atoms with van der Waals surface area (Å²) in [5.74, 6) is 0.577. The molecule has 178 valence electrons. The van der Waals surface area contributed by atoms with E-state index in [-0.39, 0.29) is 11.7 Å². The third-order valence-corrected chi connectivity index (χ3v) is 6.16. The molecular formula is C25H26N8O2. The lowest BCUT2D eigenvalue weighted by Crippen LogP contribution is -2.26. The van der Waals surface area contributed by atoms with Gasteiger partial charge >= 0.3 is 0 Å².